The first-order chi connectivity index (χ1) is 8.81. The average Bonchev–Trinajstić information content (AvgIpc) is 2.57. The normalized spacial score (nSPS) is 18.0. The molecule has 0 amide bonds. The molecule has 2 nitrogen and oxygen atoms in total. The number of fused-ring (bicyclic) bond motifs is 1. The number of aromatic hydroxyl groups is 1. The van der Waals surface area contributed by atoms with Crippen LogP contribution in [0.2, 0.25) is 0 Å². The zero-order valence-electron chi connectivity index (χ0n) is 10.6. The first-order valence-corrected chi connectivity index (χ1v) is 7.57. The summed E-state index contributed by atoms with van der Waals surface area (Å²) in [6, 6.07) is 7.91. The highest BCUT2D eigenvalue weighted by molar-refractivity contribution is 7.19. The van der Waals surface area contributed by atoms with Crippen LogP contribution in [0.5, 0.6) is 5.75 Å². The van der Waals surface area contributed by atoms with E-state index >= 15 is 0 Å². The molecule has 0 atom stereocenters. The van der Waals surface area contributed by atoms with Gasteiger partial charge < -0.3 is 5.11 Å². The molecule has 0 spiro atoms. The lowest BCUT2D eigenvalue weighted by molar-refractivity contribution is 0.279. The van der Waals surface area contributed by atoms with Gasteiger partial charge in [-0.3, -0.25) is 4.90 Å². The van der Waals surface area contributed by atoms with Crippen LogP contribution in [0.3, 0.4) is 0 Å². The van der Waals surface area contributed by atoms with Crippen molar-refractivity contribution in [1.82, 2.24) is 4.90 Å². The Morgan fingerprint density at radius 3 is 2.61 bits per heavy atom. The van der Waals surface area contributed by atoms with Crippen molar-refractivity contribution >= 4 is 21.4 Å². The molecule has 3 rings (SSSR count). The van der Waals surface area contributed by atoms with Crippen molar-refractivity contribution in [2.24, 2.45) is 0 Å². The summed E-state index contributed by atoms with van der Waals surface area (Å²) in [4.78, 5) is 3.98. The Bertz CT molecular complexity index is 526. The maximum absolute atomic E-state index is 9.49. The van der Waals surface area contributed by atoms with E-state index in [-0.39, 0.29) is 0 Å². The number of phenols is 1. The molecule has 0 bridgehead atoms. The fraction of sp³-hybridized carbons (Fsp3) is 0.467. The molecule has 0 saturated carbocycles. The summed E-state index contributed by atoms with van der Waals surface area (Å²) in [5.41, 5.74) is 0. The Labute approximate surface area is 112 Å². The molecule has 0 radical (unpaired) electrons. The van der Waals surface area contributed by atoms with Crippen molar-refractivity contribution in [2.75, 3.05) is 13.1 Å². The smallest absolute Gasteiger partial charge is 0.117 e. The summed E-state index contributed by atoms with van der Waals surface area (Å²) in [5, 5.41) is 10.7. The summed E-state index contributed by atoms with van der Waals surface area (Å²) in [5.74, 6) is 0.366. The molecule has 1 aliphatic heterocycles. The van der Waals surface area contributed by atoms with E-state index in [9.17, 15) is 5.11 Å². The summed E-state index contributed by atoms with van der Waals surface area (Å²) >= 11 is 1.81. The Balaban J connectivity index is 1.77. The zero-order chi connectivity index (χ0) is 12.4. The monoisotopic (exact) mass is 261 g/mol. The van der Waals surface area contributed by atoms with E-state index in [1.165, 1.54) is 53.7 Å². The van der Waals surface area contributed by atoms with Crippen LogP contribution in [0.4, 0.5) is 0 Å². The van der Waals surface area contributed by atoms with Crippen molar-refractivity contribution in [3.05, 3.63) is 29.1 Å². The molecule has 1 fully saturated rings. The van der Waals surface area contributed by atoms with E-state index in [2.05, 4.69) is 11.0 Å². The van der Waals surface area contributed by atoms with Crippen LogP contribution in [0, 0.1) is 0 Å². The van der Waals surface area contributed by atoms with Gasteiger partial charge in [-0.25, -0.2) is 0 Å². The lowest BCUT2D eigenvalue weighted by Gasteiger charge is -2.18. The van der Waals surface area contributed by atoms with Crippen LogP contribution in [0.1, 0.15) is 30.6 Å². The lowest BCUT2D eigenvalue weighted by atomic mass is 10.2. The maximum atomic E-state index is 9.49. The fourth-order valence-corrected chi connectivity index (χ4v) is 3.81. The highest BCUT2D eigenvalue weighted by Gasteiger charge is 2.11. The lowest BCUT2D eigenvalue weighted by Crippen LogP contribution is -2.23. The van der Waals surface area contributed by atoms with Crippen LogP contribution in [0.15, 0.2) is 24.3 Å². The molecule has 1 N–H and O–H groups in total. The van der Waals surface area contributed by atoms with Crippen molar-refractivity contribution in [2.45, 2.75) is 32.2 Å². The van der Waals surface area contributed by atoms with E-state index in [1.807, 2.05) is 23.5 Å². The first-order valence-electron chi connectivity index (χ1n) is 6.75. The predicted octanol–water partition coefficient (Wildman–Crippen LogP) is 3.98. The number of hydrogen-bond donors (Lipinski definition) is 1. The van der Waals surface area contributed by atoms with Gasteiger partial charge in [0.1, 0.15) is 5.75 Å². The number of benzene rings is 1. The number of hydrogen-bond acceptors (Lipinski definition) is 3. The van der Waals surface area contributed by atoms with Crippen LogP contribution in [-0.4, -0.2) is 23.1 Å². The molecule has 18 heavy (non-hydrogen) atoms. The van der Waals surface area contributed by atoms with Crippen LogP contribution in [-0.2, 0) is 6.54 Å². The van der Waals surface area contributed by atoms with E-state index in [4.69, 9.17) is 0 Å². The first kappa shape index (κ1) is 12.0. The fourth-order valence-electron chi connectivity index (χ4n) is 2.67. The number of phenolic OH excluding ortho intramolecular Hbond substituents is 1. The highest BCUT2D eigenvalue weighted by Crippen LogP contribution is 2.29. The van der Waals surface area contributed by atoms with Crippen molar-refractivity contribution < 1.29 is 5.11 Å². The summed E-state index contributed by atoms with van der Waals surface area (Å²) in [6.45, 7) is 3.54. The summed E-state index contributed by atoms with van der Waals surface area (Å²) < 4.78 is 1.19. The second-order valence-electron chi connectivity index (χ2n) is 5.13. The molecule has 2 heterocycles. The average molecular weight is 261 g/mol. The summed E-state index contributed by atoms with van der Waals surface area (Å²) in [7, 11) is 0. The second-order valence-corrected chi connectivity index (χ2v) is 6.29. The van der Waals surface area contributed by atoms with Gasteiger partial charge in [-0.15, -0.1) is 11.3 Å². The van der Waals surface area contributed by atoms with E-state index < -0.39 is 0 Å². The molecule has 1 aliphatic rings. The third kappa shape index (κ3) is 2.68. The van der Waals surface area contributed by atoms with Gasteiger partial charge in [0.25, 0.3) is 0 Å². The maximum Gasteiger partial charge on any atom is 0.117 e. The van der Waals surface area contributed by atoms with Gasteiger partial charge in [-0.2, -0.15) is 0 Å². The highest BCUT2D eigenvalue weighted by atomic mass is 32.1. The predicted molar refractivity (Wildman–Crippen MR) is 77.2 cm³/mol. The zero-order valence-corrected chi connectivity index (χ0v) is 11.4. The van der Waals surface area contributed by atoms with Crippen molar-refractivity contribution in [3.8, 4) is 5.75 Å². The number of nitrogens with zero attached hydrogens (tertiary/aromatic N) is 1. The van der Waals surface area contributed by atoms with Gasteiger partial charge in [0.15, 0.2) is 0 Å². The minimum atomic E-state index is 0.366. The topological polar surface area (TPSA) is 23.5 Å². The van der Waals surface area contributed by atoms with Crippen molar-refractivity contribution in [3.63, 3.8) is 0 Å². The third-order valence-corrected chi connectivity index (χ3v) is 4.72. The van der Waals surface area contributed by atoms with Gasteiger partial charge >= 0.3 is 0 Å². The van der Waals surface area contributed by atoms with E-state index in [1.54, 1.807) is 6.07 Å². The van der Waals surface area contributed by atoms with Gasteiger partial charge in [0.2, 0.25) is 0 Å². The van der Waals surface area contributed by atoms with Crippen LogP contribution < -0.4 is 0 Å². The number of likely N-dealkylation sites (tertiary alicyclic amines) is 1. The van der Waals surface area contributed by atoms with Crippen LogP contribution >= 0.6 is 11.3 Å². The van der Waals surface area contributed by atoms with Gasteiger partial charge in [0, 0.05) is 16.1 Å². The third-order valence-electron chi connectivity index (χ3n) is 3.63. The quantitative estimate of drug-likeness (QED) is 0.883. The number of rotatable bonds is 2. The molecule has 2 aromatic rings. The van der Waals surface area contributed by atoms with Gasteiger partial charge in [0.05, 0.1) is 0 Å². The second kappa shape index (κ2) is 5.29. The molecule has 3 heteroatoms. The molecule has 1 aromatic heterocycles. The molecule has 0 aliphatic carbocycles. The molecule has 1 aromatic carbocycles. The Hall–Kier alpha value is -1.06. The number of thiophene rings is 1. The Morgan fingerprint density at radius 2 is 1.83 bits per heavy atom. The largest absolute Gasteiger partial charge is 0.508 e. The molecule has 1 saturated heterocycles. The van der Waals surface area contributed by atoms with Gasteiger partial charge in [-0.05, 0) is 55.6 Å². The molecular weight excluding hydrogens is 242 g/mol. The van der Waals surface area contributed by atoms with E-state index in [0.717, 1.165) is 6.54 Å². The minimum absolute atomic E-state index is 0.366. The van der Waals surface area contributed by atoms with Gasteiger partial charge in [-0.1, -0.05) is 12.8 Å². The van der Waals surface area contributed by atoms with E-state index in [0.29, 0.717) is 5.75 Å². The SMILES string of the molecule is Oc1ccc2cc(CN3CCCCCC3)sc2c1. The molecule has 96 valence electrons. The molecule has 0 unspecified atom stereocenters. The standard InChI is InChI=1S/C15H19NOS/c17-13-6-5-12-9-14(18-15(12)10-13)11-16-7-3-1-2-4-8-16/h5-6,9-10,17H,1-4,7-8,11H2. The summed E-state index contributed by atoms with van der Waals surface area (Å²) in [6.07, 6.45) is 5.45. The Morgan fingerprint density at radius 1 is 1.06 bits per heavy atom. The Kier molecular flexibility index (Phi) is 3.52. The van der Waals surface area contributed by atoms with Crippen LogP contribution in [0.25, 0.3) is 10.1 Å². The van der Waals surface area contributed by atoms with Crippen molar-refractivity contribution in [1.29, 1.82) is 0 Å². The molecular formula is C15H19NOS. The minimum Gasteiger partial charge on any atom is -0.508 e.